The van der Waals surface area contributed by atoms with E-state index in [1.165, 1.54) is 0 Å². The fourth-order valence-electron chi connectivity index (χ4n) is 1.87. The molecule has 2 N–H and O–H groups in total. The van der Waals surface area contributed by atoms with Gasteiger partial charge in [-0.3, -0.25) is 0 Å². The molecule has 2 nitrogen and oxygen atoms in total. The van der Waals surface area contributed by atoms with Gasteiger partial charge in [0.15, 0.2) is 0 Å². The molecule has 0 saturated heterocycles. The van der Waals surface area contributed by atoms with Crippen LogP contribution in [0.3, 0.4) is 0 Å². The number of benzene rings is 1. The number of rotatable bonds is 1. The van der Waals surface area contributed by atoms with Gasteiger partial charge in [-0.1, -0.05) is 31.5 Å². The molecule has 0 spiro atoms. The summed E-state index contributed by atoms with van der Waals surface area (Å²) in [6, 6.07) is 5.97. The molecule has 1 aliphatic rings. The Morgan fingerprint density at radius 1 is 1.27 bits per heavy atom. The highest BCUT2D eigenvalue weighted by Crippen LogP contribution is 2.32. The van der Waals surface area contributed by atoms with Crippen LogP contribution in [0.15, 0.2) is 18.2 Å². The van der Waals surface area contributed by atoms with E-state index in [9.17, 15) is 0 Å². The van der Waals surface area contributed by atoms with Gasteiger partial charge in [-0.15, -0.1) is 0 Å². The van der Waals surface area contributed by atoms with E-state index in [0.29, 0.717) is 11.8 Å². The Morgan fingerprint density at radius 2 is 2.00 bits per heavy atom. The maximum atomic E-state index is 6.14. The normalized spacial score (nSPS) is 20.1. The van der Waals surface area contributed by atoms with E-state index >= 15 is 0 Å². The highest BCUT2D eigenvalue weighted by atomic mass is 35.5. The minimum Gasteiger partial charge on any atom is -0.383 e. The molecule has 0 fully saturated rings. The molecular formula is C12H17ClN2. The Labute approximate surface area is 96.0 Å². The van der Waals surface area contributed by atoms with E-state index in [1.54, 1.807) is 0 Å². The van der Waals surface area contributed by atoms with Crippen molar-refractivity contribution in [3.8, 4) is 0 Å². The van der Waals surface area contributed by atoms with E-state index in [1.807, 2.05) is 12.1 Å². The lowest BCUT2D eigenvalue weighted by molar-refractivity contribution is 0.426. The maximum Gasteiger partial charge on any atom is 0.0765 e. The van der Waals surface area contributed by atoms with Crippen LogP contribution in [0.5, 0.6) is 0 Å². The molecule has 1 unspecified atom stereocenters. The lowest BCUT2D eigenvalue weighted by atomic mass is 9.96. The summed E-state index contributed by atoms with van der Waals surface area (Å²) in [6.07, 6.45) is 0. The summed E-state index contributed by atoms with van der Waals surface area (Å²) < 4.78 is 0. The first-order valence-corrected chi connectivity index (χ1v) is 5.82. The van der Waals surface area contributed by atoms with Crippen LogP contribution in [0.4, 0.5) is 11.4 Å². The summed E-state index contributed by atoms with van der Waals surface area (Å²) in [5.74, 6) is 1.33. The number of halogens is 1. The summed E-state index contributed by atoms with van der Waals surface area (Å²) in [5, 5.41) is 7.68. The number of hydrogen-bond acceptors (Lipinski definition) is 2. The Kier molecular flexibility index (Phi) is 3.06. The topological polar surface area (TPSA) is 24.1 Å². The van der Waals surface area contributed by atoms with Gasteiger partial charge in [0.2, 0.25) is 0 Å². The molecule has 82 valence electrons. The second-order valence-corrected chi connectivity index (χ2v) is 4.84. The van der Waals surface area contributed by atoms with Crippen molar-refractivity contribution in [3.63, 3.8) is 0 Å². The van der Waals surface area contributed by atoms with Crippen molar-refractivity contribution in [2.75, 3.05) is 23.7 Å². The lowest BCUT2D eigenvalue weighted by Crippen LogP contribution is -2.23. The number of anilines is 2. The van der Waals surface area contributed by atoms with Crippen LogP contribution in [-0.4, -0.2) is 13.1 Å². The van der Waals surface area contributed by atoms with Crippen molar-refractivity contribution >= 4 is 23.0 Å². The molecule has 0 aliphatic carbocycles. The van der Waals surface area contributed by atoms with Gasteiger partial charge in [-0.2, -0.15) is 0 Å². The molecule has 15 heavy (non-hydrogen) atoms. The average molecular weight is 225 g/mol. The summed E-state index contributed by atoms with van der Waals surface area (Å²) >= 11 is 6.14. The van der Waals surface area contributed by atoms with Crippen molar-refractivity contribution < 1.29 is 0 Å². The Morgan fingerprint density at radius 3 is 2.73 bits per heavy atom. The standard InChI is InChI=1S/C12H17ClN2/c1-8(2)9-6-14-11-5-3-4-10(13)12(11)15-7-9/h3-5,8-9,14-15H,6-7H2,1-2H3. The molecule has 0 bridgehead atoms. The predicted octanol–water partition coefficient (Wildman–Crippen LogP) is 3.45. The molecule has 1 atom stereocenters. The summed E-state index contributed by atoms with van der Waals surface area (Å²) in [5.41, 5.74) is 2.16. The number of hydrogen-bond donors (Lipinski definition) is 2. The molecule has 0 saturated carbocycles. The van der Waals surface area contributed by atoms with E-state index in [0.717, 1.165) is 29.5 Å². The number of para-hydroxylation sites is 1. The van der Waals surface area contributed by atoms with Crippen LogP contribution in [-0.2, 0) is 0 Å². The van der Waals surface area contributed by atoms with Crippen LogP contribution >= 0.6 is 11.6 Å². The Bertz CT molecular complexity index is 349. The minimum absolute atomic E-state index is 0.647. The van der Waals surface area contributed by atoms with Gasteiger partial charge in [0.1, 0.15) is 0 Å². The zero-order valence-electron chi connectivity index (χ0n) is 9.18. The zero-order chi connectivity index (χ0) is 10.8. The third-order valence-corrected chi connectivity index (χ3v) is 3.37. The molecule has 0 aromatic heterocycles. The molecule has 3 heteroatoms. The highest BCUT2D eigenvalue weighted by molar-refractivity contribution is 6.34. The third-order valence-electron chi connectivity index (χ3n) is 3.05. The van der Waals surface area contributed by atoms with Gasteiger partial charge in [0.05, 0.1) is 16.4 Å². The summed E-state index contributed by atoms with van der Waals surface area (Å²) in [6.45, 7) is 6.51. The smallest absolute Gasteiger partial charge is 0.0765 e. The number of fused-ring (bicyclic) bond motifs is 1. The van der Waals surface area contributed by atoms with Crippen LogP contribution in [0.25, 0.3) is 0 Å². The largest absolute Gasteiger partial charge is 0.383 e. The van der Waals surface area contributed by atoms with Crippen molar-refractivity contribution in [1.82, 2.24) is 0 Å². The summed E-state index contributed by atoms with van der Waals surface area (Å²) in [4.78, 5) is 0. The molecular weight excluding hydrogens is 208 g/mol. The number of nitrogens with one attached hydrogen (secondary N) is 2. The van der Waals surface area contributed by atoms with Crippen molar-refractivity contribution in [2.45, 2.75) is 13.8 Å². The molecule has 0 radical (unpaired) electrons. The SMILES string of the molecule is CC(C)C1CNc2cccc(Cl)c2NC1. The summed E-state index contributed by atoms with van der Waals surface area (Å²) in [7, 11) is 0. The molecule has 1 heterocycles. The third kappa shape index (κ3) is 2.20. The lowest BCUT2D eigenvalue weighted by Gasteiger charge is -2.18. The molecule has 1 aromatic rings. The van der Waals surface area contributed by atoms with E-state index in [4.69, 9.17) is 11.6 Å². The van der Waals surface area contributed by atoms with Crippen LogP contribution in [0.2, 0.25) is 5.02 Å². The Hall–Kier alpha value is -0.890. The van der Waals surface area contributed by atoms with Gasteiger partial charge in [-0.25, -0.2) is 0 Å². The van der Waals surface area contributed by atoms with Gasteiger partial charge in [0, 0.05) is 13.1 Å². The van der Waals surface area contributed by atoms with E-state index in [-0.39, 0.29) is 0 Å². The fourth-order valence-corrected chi connectivity index (χ4v) is 2.11. The maximum absolute atomic E-state index is 6.14. The van der Waals surface area contributed by atoms with E-state index < -0.39 is 0 Å². The van der Waals surface area contributed by atoms with Crippen LogP contribution in [0.1, 0.15) is 13.8 Å². The van der Waals surface area contributed by atoms with Crippen molar-refractivity contribution in [1.29, 1.82) is 0 Å². The van der Waals surface area contributed by atoms with Gasteiger partial charge >= 0.3 is 0 Å². The van der Waals surface area contributed by atoms with Crippen LogP contribution < -0.4 is 10.6 Å². The van der Waals surface area contributed by atoms with E-state index in [2.05, 4.69) is 30.5 Å². The Balaban J connectivity index is 2.22. The van der Waals surface area contributed by atoms with Gasteiger partial charge in [-0.05, 0) is 24.0 Å². The first-order valence-electron chi connectivity index (χ1n) is 5.44. The monoisotopic (exact) mass is 224 g/mol. The van der Waals surface area contributed by atoms with Crippen LogP contribution in [0, 0.1) is 11.8 Å². The minimum atomic E-state index is 0.647. The van der Waals surface area contributed by atoms with Crippen molar-refractivity contribution in [2.24, 2.45) is 11.8 Å². The molecule has 0 amide bonds. The predicted molar refractivity (Wildman–Crippen MR) is 66.8 cm³/mol. The first kappa shape index (κ1) is 10.6. The fraction of sp³-hybridized carbons (Fsp3) is 0.500. The molecule has 1 aromatic carbocycles. The average Bonchev–Trinajstić information content (AvgIpc) is 2.41. The van der Waals surface area contributed by atoms with Crippen molar-refractivity contribution in [3.05, 3.63) is 23.2 Å². The first-order chi connectivity index (χ1) is 7.18. The zero-order valence-corrected chi connectivity index (χ0v) is 9.93. The van der Waals surface area contributed by atoms with Gasteiger partial charge < -0.3 is 10.6 Å². The highest BCUT2D eigenvalue weighted by Gasteiger charge is 2.18. The quantitative estimate of drug-likeness (QED) is 0.764. The second kappa shape index (κ2) is 4.31. The molecule has 2 rings (SSSR count). The van der Waals surface area contributed by atoms with Gasteiger partial charge in [0.25, 0.3) is 0 Å². The second-order valence-electron chi connectivity index (χ2n) is 4.43. The molecule has 1 aliphatic heterocycles.